The molecule has 0 aliphatic carbocycles. The molecule has 0 radical (unpaired) electrons. The average Bonchev–Trinajstić information content (AvgIpc) is 3.24. The van der Waals surface area contributed by atoms with E-state index in [1.807, 2.05) is 54.4 Å². The fourth-order valence-corrected chi connectivity index (χ4v) is 3.90. The van der Waals surface area contributed by atoms with Crippen molar-refractivity contribution in [3.05, 3.63) is 53.3 Å². The number of imidazole rings is 1. The Morgan fingerprint density at radius 3 is 2.88 bits per heavy atom. The van der Waals surface area contributed by atoms with E-state index in [1.165, 1.54) is 11.3 Å². The number of amides is 1. The number of aromatic nitrogens is 3. The molecule has 0 spiro atoms. The monoisotopic (exact) mass is 385 g/mol. The van der Waals surface area contributed by atoms with Crippen LogP contribution in [0.15, 0.2) is 42.5 Å². The summed E-state index contributed by atoms with van der Waals surface area (Å²) in [6, 6.07) is 13.5. The van der Waals surface area contributed by atoms with E-state index in [2.05, 4.69) is 20.3 Å². The van der Waals surface area contributed by atoms with Crippen molar-refractivity contribution in [2.24, 2.45) is 0 Å². The Balaban J connectivity index is 1.39. The lowest BCUT2D eigenvalue weighted by Crippen LogP contribution is -2.35. The summed E-state index contributed by atoms with van der Waals surface area (Å²) in [4.78, 5) is 26.2. The molecule has 0 aliphatic rings. The van der Waals surface area contributed by atoms with Crippen LogP contribution >= 0.6 is 22.9 Å². The predicted molar refractivity (Wildman–Crippen MR) is 106 cm³/mol. The standard InChI is InChI=1S/C18H16ClN5OS/c1-24(18-23-17-11(19)5-4-8-14(17)26-18)10-16(25)20-9-15-21-12-6-2-3-7-13(12)22-15/h2-8H,9-10H2,1H3,(H,20,25)(H,21,22). The molecular formula is C18H16ClN5OS. The Labute approximate surface area is 158 Å². The molecule has 0 saturated carbocycles. The van der Waals surface area contributed by atoms with Gasteiger partial charge in [0.15, 0.2) is 5.13 Å². The predicted octanol–water partition coefficient (Wildman–Crippen LogP) is 3.58. The minimum absolute atomic E-state index is 0.0988. The van der Waals surface area contributed by atoms with E-state index >= 15 is 0 Å². The van der Waals surface area contributed by atoms with E-state index in [0.717, 1.165) is 32.2 Å². The molecule has 2 heterocycles. The van der Waals surface area contributed by atoms with Crippen molar-refractivity contribution in [1.29, 1.82) is 0 Å². The number of H-pyrrole nitrogens is 1. The highest BCUT2D eigenvalue weighted by molar-refractivity contribution is 7.22. The number of rotatable bonds is 5. The Morgan fingerprint density at radius 1 is 1.23 bits per heavy atom. The third-order valence-electron chi connectivity index (χ3n) is 3.96. The summed E-state index contributed by atoms with van der Waals surface area (Å²) in [6.45, 7) is 0.560. The second kappa shape index (κ2) is 6.93. The zero-order valence-electron chi connectivity index (χ0n) is 14.0. The molecule has 0 fully saturated rings. The number of thiazole rings is 1. The number of carbonyl (C=O) groups excluding carboxylic acids is 1. The van der Waals surface area contributed by atoms with Crippen LogP contribution < -0.4 is 10.2 Å². The molecule has 6 nitrogen and oxygen atoms in total. The fourth-order valence-electron chi connectivity index (χ4n) is 2.68. The second-order valence-corrected chi connectivity index (χ2v) is 7.33. The van der Waals surface area contributed by atoms with Gasteiger partial charge < -0.3 is 15.2 Å². The number of nitrogens with one attached hydrogen (secondary N) is 2. The summed E-state index contributed by atoms with van der Waals surface area (Å²) in [7, 11) is 1.84. The molecule has 0 unspecified atom stereocenters. The normalized spacial score (nSPS) is 11.2. The van der Waals surface area contributed by atoms with Gasteiger partial charge in [-0.1, -0.05) is 41.1 Å². The van der Waals surface area contributed by atoms with Gasteiger partial charge in [-0.05, 0) is 24.3 Å². The highest BCUT2D eigenvalue weighted by atomic mass is 35.5. The first-order valence-electron chi connectivity index (χ1n) is 8.06. The first kappa shape index (κ1) is 16.8. The molecule has 0 saturated heterocycles. The zero-order valence-corrected chi connectivity index (χ0v) is 15.6. The molecule has 2 aromatic heterocycles. The van der Waals surface area contributed by atoms with Gasteiger partial charge in [-0.25, -0.2) is 9.97 Å². The second-order valence-electron chi connectivity index (χ2n) is 5.92. The number of anilines is 1. The molecule has 132 valence electrons. The van der Waals surface area contributed by atoms with Crippen molar-refractivity contribution in [3.8, 4) is 0 Å². The minimum Gasteiger partial charge on any atom is -0.347 e. The molecule has 4 aromatic rings. The Kier molecular flexibility index (Phi) is 4.48. The molecule has 2 aromatic carbocycles. The van der Waals surface area contributed by atoms with Crippen molar-refractivity contribution in [2.75, 3.05) is 18.5 Å². The van der Waals surface area contributed by atoms with Crippen LogP contribution in [-0.4, -0.2) is 34.5 Å². The summed E-state index contributed by atoms with van der Waals surface area (Å²) < 4.78 is 1.00. The molecular weight excluding hydrogens is 370 g/mol. The smallest absolute Gasteiger partial charge is 0.239 e. The lowest BCUT2D eigenvalue weighted by Gasteiger charge is -2.14. The third-order valence-corrected chi connectivity index (χ3v) is 5.40. The van der Waals surface area contributed by atoms with Gasteiger partial charge in [0.05, 0.1) is 33.8 Å². The Hall–Kier alpha value is -2.64. The average molecular weight is 386 g/mol. The maximum atomic E-state index is 12.3. The van der Waals surface area contributed by atoms with Gasteiger partial charge in [-0.15, -0.1) is 0 Å². The molecule has 0 aliphatic heterocycles. The molecule has 26 heavy (non-hydrogen) atoms. The van der Waals surface area contributed by atoms with E-state index in [0.29, 0.717) is 11.6 Å². The van der Waals surface area contributed by atoms with Crippen molar-refractivity contribution in [2.45, 2.75) is 6.54 Å². The lowest BCUT2D eigenvalue weighted by molar-refractivity contribution is -0.119. The van der Waals surface area contributed by atoms with Crippen molar-refractivity contribution >= 4 is 55.2 Å². The summed E-state index contributed by atoms with van der Waals surface area (Å²) in [6.07, 6.45) is 0. The van der Waals surface area contributed by atoms with Gasteiger partial charge in [-0.3, -0.25) is 4.79 Å². The number of carbonyl (C=O) groups is 1. The quantitative estimate of drug-likeness (QED) is 0.550. The van der Waals surface area contributed by atoms with E-state index in [-0.39, 0.29) is 12.5 Å². The number of halogens is 1. The van der Waals surface area contributed by atoms with Crippen LogP contribution in [0.5, 0.6) is 0 Å². The van der Waals surface area contributed by atoms with Crippen LogP contribution in [0.1, 0.15) is 5.82 Å². The van der Waals surface area contributed by atoms with Crippen LogP contribution in [0.3, 0.4) is 0 Å². The topological polar surface area (TPSA) is 73.9 Å². The third kappa shape index (κ3) is 3.36. The molecule has 1 amide bonds. The number of nitrogens with zero attached hydrogens (tertiary/aromatic N) is 3. The first-order chi connectivity index (χ1) is 12.6. The lowest BCUT2D eigenvalue weighted by atomic mass is 10.3. The zero-order chi connectivity index (χ0) is 18.1. The van der Waals surface area contributed by atoms with E-state index in [9.17, 15) is 4.79 Å². The highest BCUT2D eigenvalue weighted by Crippen LogP contribution is 2.32. The van der Waals surface area contributed by atoms with Crippen LogP contribution in [-0.2, 0) is 11.3 Å². The van der Waals surface area contributed by atoms with Crippen molar-refractivity contribution in [3.63, 3.8) is 0 Å². The first-order valence-corrected chi connectivity index (χ1v) is 9.26. The minimum atomic E-state index is -0.0988. The fraction of sp³-hybridized carbons (Fsp3) is 0.167. The van der Waals surface area contributed by atoms with E-state index in [1.54, 1.807) is 0 Å². The summed E-state index contributed by atoms with van der Waals surface area (Å²) in [5.74, 6) is 0.632. The maximum Gasteiger partial charge on any atom is 0.239 e. The summed E-state index contributed by atoms with van der Waals surface area (Å²) in [5.41, 5.74) is 2.61. The number of hydrogen-bond acceptors (Lipinski definition) is 5. The van der Waals surface area contributed by atoms with Gasteiger partial charge in [0.1, 0.15) is 11.3 Å². The number of likely N-dealkylation sites (N-methyl/N-ethyl adjacent to an activating group) is 1. The van der Waals surface area contributed by atoms with Gasteiger partial charge in [0, 0.05) is 7.05 Å². The number of benzene rings is 2. The summed E-state index contributed by atoms with van der Waals surface area (Å²) >= 11 is 7.68. The van der Waals surface area contributed by atoms with Crippen molar-refractivity contribution in [1.82, 2.24) is 20.3 Å². The largest absolute Gasteiger partial charge is 0.347 e. The number of para-hydroxylation sites is 3. The number of hydrogen-bond donors (Lipinski definition) is 2. The van der Waals surface area contributed by atoms with E-state index < -0.39 is 0 Å². The Bertz CT molecular complexity index is 1060. The molecule has 0 atom stereocenters. The SMILES string of the molecule is CN(CC(=O)NCc1nc2ccccc2[nH]1)c1nc2c(Cl)cccc2s1. The number of aromatic amines is 1. The molecule has 4 rings (SSSR count). The molecule has 0 bridgehead atoms. The highest BCUT2D eigenvalue weighted by Gasteiger charge is 2.13. The number of fused-ring (bicyclic) bond motifs is 2. The van der Waals surface area contributed by atoms with Crippen molar-refractivity contribution < 1.29 is 4.79 Å². The molecule has 2 N–H and O–H groups in total. The maximum absolute atomic E-state index is 12.3. The van der Waals surface area contributed by atoms with E-state index in [4.69, 9.17) is 11.6 Å². The summed E-state index contributed by atoms with van der Waals surface area (Å²) in [5, 5.41) is 4.26. The van der Waals surface area contributed by atoms with Gasteiger partial charge in [-0.2, -0.15) is 0 Å². The van der Waals surface area contributed by atoms with Crippen LogP contribution in [0.25, 0.3) is 21.3 Å². The van der Waals surface area contributed by atoms with Crippen LogP contribution in [0, 0.1) is 0 Å². The van der Waals surface area contributed by atoms with Gasteiger partial charge >= 0.3 is 0 Å². The van der Waals surface area contributed by atoms with Crippen LogP contribution in [0.2, 0.25) is 5.02 Å². The Morgan fingerprint density at radius 2 is 2.08 bits per heavy atom. The van der Waals surface area contributed by atoms with Crippen LogP contribution in [0.4, 0.5) is 5.13 Å². The van der Waals surface area contributed by atoms with Gasteiger partial charge in [0.25, 0.3) is 0 Å². The van der Waals surface area contributed by atoms with Gasteiger partial charge in [0.2, 0.25) is 5.91 Å². The molecule has 8 heteroatoms.